The molecule has 0 spiro atoms. The molecule has 0 radical (unpaired) electrons. The van der Waals surface area contributed by atoms with E-state index in [0.717, 1.165) is 23.7 Å². The highest BCUT2D eigenvalue weighted by Gasteiger charge is 2.30. The van der Waals surface area contributed by atoms with Gasteiger partial charge in [-0.1, -0.05) is 27.2 Å². The van der Waals surface area contributed by atoms with Crippen LogP contribution in [0.15, 0.2) is 0 Å². The van der Waals surface area contributed by atoms with E-state index < -0.39 is 0 Å². The van der Waals surface area contributed by atoms with Gasteiger partial charge in [0.2, 0.25) is 0 Å². The Kier molecular flexibility index (Phi) is 5.50. The molecule has 0 saturated heterocycles. The SMILES string of the molecule is CCC1CC(C(C)C)CCC1CNC(C)(C)C. The van der Waals surface area contributed by atoms with E-state index in [1.165, 1.54) is 32.2 Å². The summed E-state index contributed by atoms with van der Waals surface area (Å²) < 4.78 is 0. The minimum Gasteiger partial charge on any atom is -0.312 e. The van der Waals surface area contributed by atoms with E-state index in [1.54, 1.807) is 0 Å². The number of hydrogen-bond donors (Lipinski definition) is 1. The van der Waals surface area contributed by atoms with Gasteiger partial charge in [-0.2, -0.15) is 0 Å². The first-order valence-electron chi connectivity index (χ1n) is 7.58. The topological polar surface area (TPSA) is 12.0 Å². The number of rotatable bonds is 4. The van der Waals surface area contributed by atoms with E-state index in [-0.39, 0.29) is 5.54 Å². The van der Waals surface area contributed by atoms with Gasteiger partial charge in [-0.3, -0.25) is 0 Å². The van der Waals surface area contributed by atoms with Crippen molar-refractivity contribution in [3.63, 3.8) is 0 Å². The Morgan fingerprint density at radius 2 is 1.76 bits per heavy atom. The summed E-state index contributed by atoms with van der Waals surface area (Å²) in [6, 6.07) is 0. The molecular formula is C16H33N. The van der Waals surface area contributed by atoms with E-state index in [1.807, 2.05) is 0 Å². The van der Waals surface area contributed by atoms with Gasteiger partial charge in [0.15, 0.2) is 0 Å². The van der Waals surface area contributed by atoms with Crippen LogP contribution in [-0.4, -0.2) is 12.1 Å². The normalized spacial score (nSPS) is 30.9. The first kappa shape index (κ1) is 15.0. The molecule has 0 aromatic heterocycles. The van der Waals surface area contributed by atoms with Crippen molar-refractivity contribution in [3.8, 4) is 0 Å². The lowest BCUT2D eigenvalue weighted by molar-refractivity contribution is 0.135. The fraction of sp³-hybridized carbons (Fsp3) is 1.00. The number of hydrogen-bond acceptors (Lipinski definition) is 1. The summed E-state index contributed by atoms with van der Waals surface area (Å²) in [6.07, 6.45) is 5.71. The average molecular weight is 239 g/mol. The summed E-state index contributed by atoms with van der Waals surface area (Å²) in [4.78, 5) is 0. The Morgan fingerprint density at radius 3 is 2.24 bits per heavy atom. The summed E-state index contributed by atoms with van der Waals surface area (Å²) in [5, 5.41) is 3.70. The molecule has 1 fully saturated rings. The van der Waals surface area contributed by atoms with E-state index in [0.29, 0.717) is 0 Å². The van der Waals surface area contributed by atoms with E-state index in [9.17, 15) is 0 Å². The summed E-state index contributed by atoms with van der Waals surface area (Å²) in [7, 11) is 0. The maximum atomic E-state index is 3.70. The molecule has 3 atom stereocenters. The quantitative estimate of drug-likeness (QED) is 0.763. The Hall–Kier alpha value is -0.0400. The monoisotopic (exact) mass is 239 g/mol. The van der Waals surface area contributed by atoms with Gasteiger partial charge >= 0.3 is 0 Å². The maximum absolute atomic E-state index is 3.70. The third kappa shape index (κ3) is 4.99. The Morgan fingerprint density at radius 1 is 1.12 bits per heavy atom. The second-order valence-corrected chi connectivity index (χ2v) is 7.38. The third-order valence-corrected chi connectivity index (χ3v) is 4.54. The molecule has 0 aromatic carbocycles. The molecule has 1 nitrogen and oxygen atoms in total. The molecule has 0 bridgehead atoms. The van der Waals surface area contributed by atoms with Crippen molar-refractivity contribution in [2.24, 2.45) is 23.7 Å². The molecule has 1 N–H and O–H groups in total. The zero-order valence-corrected chi connectivity index (χ0v) is 12.8. The van der Waals surface area contributed by atoms with Crippen LogP contribution in [0.5, 0.6) is 0 Å². The van der Waals surface area contributed by atoms with Crippen molar-refractivity contribution < 1.29 is 0 Å². The Bertz CT molecular complexity index is 214. The molecule has 0 aromatic rings. The molecule has 0 amide bonds. The van der Waals surface area contributed by atoms with Gasteiger partial charge < -0.3 is 5.32 Å². The fourth-order valence-electron chi connectivity index (χ4n) is 3.17. The lowest BCUT2D eigenvalue weighted by atomic mass is 9.69. The van der Waals surface area contributed by atoms with Crippen molar-refractivity contribution in [3.05, 3.63) is 0 Å². The second kappa shape index (κ2) is 6.22. The van der Waals surface area contributed by atoms with E-state index >= 15 is 0 Å². The van der Waals surface area contributed by atoms with Crippen LogP contribution in [0.25, 0.3) is 0 Å². The summed E-state index contributed by atoms with van der Waals surface area (Å²) >= 11 is 0. The molecule has 1 aliphatic carbocycles. The lowest BCUT2D eigenvalue weighted by Crippen LogP contribution is -2.42. The summed E-state index contributed by atoms with van der Waals surface area (Å²) in [5.74, 6) is 3.71. The van der Waals surface area contributed by atoms with Crippen molar-refractivity contribution >= 4 is 0 Å². The van der Waals surface area contributed by atoms with Gasteiger partial charge in [0.1, 0.15) is 0 Å². The molecule has 1 rings (SSSR count). The van der Waals surface area contributed by atoms with Crippen LogP contribution in [-0.2, 0) is 0 Å². The predicted molar refractivity (Wildman–Crippen MR) is 77.2 cm³/mol. The van der Waals surface area contributed by atoms with Gasteiger partial charge in [-0.05, 0) is 70.3 Å². The standard InChI is InChI=1S/C16H33N/c1-7-13-10-14(12(2)3)8-9-15(13)11-17-16(4,5)6/h12-15,17H,7-11H2,1-6H3. The molecule has 1 heteroatoms. The van der Waals surface area contributed by atoms with E-state index in [4.69, 9.17) is 0 Å². The van der Waals surface area contributed by atoms with Gasteiger partial charge in [0, 0.05) is 5.54 Å². The maximum Gasteiger partial charge on any atom is 0.00966 e. The van der Waals surface area contributed by atoms with Crippen molar-refractivity contribution in [2.75, 3.05) is 6.54 Å². The second-order valence-electron chi connectivity index (χ2n) is 7.38. The molecule has 102 valence electrons. The van der Waals surface area contributed by atoms with Gasteiger partial charge in [-0.15, -0.1) is 0 Å². The van der Waals surface area contributed by atoms with Crippen LogP contribution in [0.4, 0.5) is 0 Å². The molecule has 1 aliphatic rings. The summed E-state index contributed by atoms with van der Waals surface area (Å²) in [5.41, 5.74) is 0.271. The predicted octanol–water partition coefficient (Wildman–Crippen LogP) is 4.47. The Labute approximate surface area is 109 Å². The highest BCUT2D eigenvalue weighted by atomic mass is 14.9. The molecular weight excluding hydrogens is 206 g/mol. The van der Waals surface area contributed by atoms with Crippen LogP contribution >= 0.6 is 0 Å². The van der Waals surface area contributed by atoms with Gasteiger partial charge in [-0.25, -0.2) is 0 Å². The minimum atomic E-state index is 0.271. The molecule has 17 heavy (non-hydrogen) atoms. The van der Waals surface area contributed by atoms with Crippen LogP contribution in [0.1, 0.15) is 67.2 Å². The van der Waals surface area contributed by atoms with Crippen molar-refractivity contribution in [1.29, 1.82) is 0 Å². The number of nitrogens with one attached hydrogen (secondary N) is 1. The Balaban J connectivity index is 2.46. The van der Waals surface area contributed by atoms with Gasteiger partial charge in [0.05, 0.1) is 0 Å². The van der Waals surface area contributed by atoms with Crippen LogP contribution in [0.2, 0.25) is 0 Å². The average Bonchev–Trinajstić information content (AvgIpc) is 2.24. The fourth-order valence-corrected chi connectivity index (χ4v) is 3.17. The van der Waals surface area contributed by atoms with Crippen molar-refractivity contribution in [1.82, 2.24) is 5.32 Å². The zero-order valence-electron chi connectivity index (χ0n) is 12.8. The highest BCUT2D eigenvalue weighted by molar-refractivity contribution is 4.84. The molecule has 0 heterocycles. The van der Waals surface area contributed by atoms with Crippen LogP contribution in [0, 0.1) is 23.7 Å². The third-order valence-electron chi connectivity index (χ3n) is 4.54. The molecule has 1 saturated carbocycles. The largest absolute Gasteiger partial charge is 0.312 e. The first-order valence-corrected chi connectivity index (χ1v) is 7.58. The first-order chi connectivity index (χ1) is 7.83. The molecule has 3 unspecified atom stereocenters. The van der Waals surface area contributed by atoms with E-state index in [2.05, 4.69) is 46.9 Å². The van der Waals surface area contributed by atoms with Crippen LogP contribution < -0.4 is 5.32 Å². The lowest BCUT2D eigenvalue weighted by Gasteiger charge is -2.39. The molecule has 0 aliphatic heterocycles. The van der Waals surface area contributed by atoms with Crippen LogP contribution in [0.3, 0.4) is 0 Å². The summed E-state index contributed by atoms with van der Waals surface area (Å²) in [6.45, 7) is 15.2. The smallest absolute Gasteiger partial charge is 0.00966 e. The highest BCUT2D eigenvalue weighted by Crippen LogP contribution is 2.38. The van der Waals surface area contributed by atoms with Gasteiger partial charge in [0.25, 0.3) is 0 Å². The minimum absolute atomic E-state index is 0.271. The van der Waals surface area contributed by atoms with Crippen molar-refractivity contribution in [2.45, 2.75) is 72.8 Å². The zero-order chi connectivity index (χ0) is 13.1.